The van der Waals surface area contributed by atoms with Gasteiger partial charge in [-0.25, -0.2) is 9.78 Å². The molecule has 164 valence electrons. The Kier molecular flexibility index (Phi) is 6.41. The van der Waals surface area contributed by atoms with Crippen LogP contribution in [0.25, 0.3) is 0 Å². The van der Waals surface area contributed by atoms with Gasteiger partial charge in [-0.15, -0.1) is 0 Å². The molecule has 2 aromatic rings. The Morgan fingerprint density at radius 2 is 1.87 bits per heavy atom. The van der Waals surface area contributed by atoms with Gasteiger partial charge in [-0.3, -0.25) is 4.79 Å². The lowest BCUT2D eigenvalue weighted by molar-refractivity contribution is 0.100. The number of nitrogens with one attached hydrogen (secondary N) is 3. The summed E-state index contributed by atoms with van der Waals surface area (Å²) in [5.41, 5.74) is 6.90. The lowest BCUT2D eigenvalue weighted by Gasteiger charge is -2.18. The zero-order chi connectivity index (χ0) is 21.8. The molecule has 0 bridgehead atoms. The predicted octanol–water partition coefficient (Wildman–Crippen LogP) is 3.95. The first-order chi connectivity index (χ1) is 15.0. The number of carbonyl (C=O) groups is 2. The van der Waals surface area contributed by atoms with Crippen molar-refractivity contribution in [1.82, 2.24) is 14.9 Å². The minimum atomic E-state index is -0.578. The molecule has 2 heterocycles. The van der Waals surface area contributed by atoms with Crippen molar-refractivity contribution in [2.75, 3.05) is 29.0 Å². The van der Waals surface area contributed by atoms with Crippen molar-refractivity contribution in [1.29, 1.82) is 0 Å². The van der Waals surface area contributed by atoms with Crippen LogP contribution >= 0.6 is 11.6 Å². The van der Waals surface area contributed by atoms with E-state index in [-0.39, 0.29) is 17.6 Å². The summed E-state index contributed by atoms with van der Waals surface area (Å²) in [5, 5.41) is 9.73. The summed E-state index contributed by atoms with van der Waals surface area (Å²) >= 11 is 6.27. The number of hydrogen-bond acceptors (Lipinski definition) is 6. The minimum absolute atomic E-state index is 0.165. The highest BCUT2D eigenvalue weighted by Gasteiger charge is 2.20. The van der Waals surface area contributed by atoms with Gasteiger partial charge in [0.15, 0.2) is 0 Å². The summed E-state index contributed by atoms with van der Waals surface area (Å²) in [5.74, 6) is 0.156. The Bertz CT molecular complexity index is 972. The first-order valence-electron chi connectivity index (χ1n) is 10.6. The number of likely N-dealkylation sites (tertiary alicyclic amines) is 1. The van der Waals surface area contributed by atoms with Crippen molar-refractivity contribution in [3.8, 4) is 0 Å². The molecule has 1 saturated carbocycles. The Balaban J connectivity index is 1.51. The predicted molar refractivity (Wildman–Crippen MR) is 121 cm³/mol. The molecule has 1 aliphatic carbocycles. The van der Waals surface area contributed by atoms with Crippen molar-refractivity contribution in [2.24, 2.45) is 5.73 Å². The molecule has 1 aromatic heterocycles. The third-order valence-corrected chi connectivity index (χ3v) is 5.94. The maximum Gasteiger partial charge on any atom is 0.321 e. The minimum Gasteiger partial charge on any atom is -0.367 e. The van der Waals surface area contributed by atoms with Crippen LogP contribution in [0.4, 0.5) is 27.9 Å². The first-order valence-corrected chi connectivity index (χ1v) is 10.9. The van der Waals surface area contributed by atoms with Crippen LogP contribution in [0.5, 0.6) is 0 Å². The number of aromatic nitrogens is 2. The summed E-state index contributed by atoms with van der Waals surface area (Å²) in [6.45, 7) is 1.50. The molecule has 10 heteroatoms. The molecular weight excluding hydrogens is 418 g/mol. The summed E-state index contributed by atoms with van der Waals surface area (Å²) in [4.78, 5) is 34.6. The van der Waals surface area contributed by atoms with Gasteiger partial charge in [0.1, 0.15) is 5.82 Å². The number of benzene rings is 1. The summed E-state index contributed by atoms with van der Waals surface area (Å²) < 4.78 is 0. The van der Waals surface area contributed by atoms with Crippen LogP contribution in [0, 0.1) is 0 Å². The van der Waals surface area contributed by atoms with Gasteiger partial charge in [0.2, 0.25) is 5.95 Å². The number of primary amides is 1. The Morgan fingerprint density at radius 1 is 1.13 bits per heavy atom. The molecule has 5 N–H and O–H groups in total. The number of anilines is 4. The van der Waals surface area contributed by atoms with Crippen LogP contribution in [0.2, 0.25) is 5.02 Å². The summed E-state index contributed by atoms with van der Waals surface area (Å²) in [7, 11) is 0. The highest BCUT2D eigenvalue weighted by atomic mass is 35.5. The number of rotatable bonds is 6. The fourth-order valence-electron chi connectivity index (χ4n) is 3.94. The highest BCUT2D eigenvalue weighted by Crippen LogP contribution is 2.28. The van der Waals surface area contributed by atoms with E-state index in [0.29, 0.717) is 28.2 Å². The average molecular weight is 444 g/mol. The first kappa shape index (κ1) is 21.2. The van der Waals surface area contributed by atoms with E-state index in [9.17, 15) is 9.59 Å². The fourth-order valence-corrected chi connectivity index (χ4v) is 4.10. The molecule has 9 nitrogen and oxygen atoms in total. The molecule has 1 saturated heterocycles. The summed E-state index contributed by atoms with van der Waals surface area (Å²) in [6.07, 6.45) is 7.80. The number of hydrogen-bond donors (Lipinski definition) is 4. The summed E-state index contributed by atoms with van der Waals surface area (Å²) in [6, 6.07) is 5.29. The monoisotopic (exact) mass is 443 g/mol. The van der Waals surface area contributed by atoms with E-state index >= 15 is 0 Å². The highest BCUT2D eigenvalue weighted by molar-refractivity contribution is 6.33. The maximum atomic E-state index is 12.4. The van der Waals surface area contributed by atoms with E-state index in [2.05, 4.69) is 25.9 Å². The van der Waals surface area contributed by atoms with Gasteiger partial charge >= 0.3 is 6.03 Å². The third kappa shape index (κ3) is 5.16. The molecule has 3 amide bonds. The third-order valence-electron chi connectivity index (χ3n) is 5.61. The lowest BCUT2D eigenvalue weighted by atomic mass is 10.2. The van der Waals surface area contributed by atoms with E-state index in [4.69, 9.17) is 17.3 Å². The molecular formula is C21H26ClN7O2. The SMILES string of the molecule is NC(=O)c1cnc(Nc2ccc(Cl)c(NC(=O)N3CCCC3)c2)nc1NC1CCCC1. The quantitative estimate of drug-likeness (QED) is 0.535. The van der Waals surface area contributed by atoms with E-state index < -0.39 is 5.91 Å². The molecule has 2 fully saturated rings. The lowest BCUT2D eigenvalue weighted by Crippen LogP contribution is -2.32. The topological polar surface area (TPSA) is 125 Å². The Labute approximate surface area is 185 Å². The van der Waals surface area contributed by atoms with Crippen LogP contribution in [0.15, 0.2) is 24.4 Å². The largest absolute Gasteiger partial charge is 0.367 e. The molecule has 31 heavy (non-hydrogen) atoms. The van der Waals surface area contributed by atoms with Gasteiger partial charge in [-0.1, -0.05) is 24.4 Å². The van der Waals surface area contributed by atoms with E-state index in [1.165, 1.54) is 6.20 Å². The zero-order valence-electron chi connectivity index (χ0n) is 17.2. The van der Waals surface area contributed by atoms with Crippen LogP contribution < -0.4 is 21.7 Å². The average Bonchev–Trinajstić information content (AvgIpc) is 3.45. The second-order valence-electron chi connectivity index (χ2n) is 7.89. The molecule has 0 unspecified atom stereocenters. The molecule has 1 aromatic carbocycles. The van der Waals surface area contributed by atoms with Gasteiger partial charge in [-0.2, -0.15) is 4.98 Å². The van der Waals surface area contributed by atoms with Crippen LogP contribution in [0.3, 0.4) is 0 Å². The van der Waals surface area contributed by atoms with Crippen LogP contribution in [-0.2, 0) is 0 Å². The van der Waals surface area contributed by atoms with Gasteiger partial charge in [0.05, 0.1) is 16.3 Å². The van der Waals surface area contributed by atoms with E-state index in [0.717, 1.165) is 51.6 Å². The van der Waals surface area contributed by atoms with Gasteiger partial charge in [-0.05, 0) is 43.9 Å². The maximum absolute atomic E-state index is 12.4. The van der Waals surface area contributed by atoms with Crippen molar-refractivity contribution in [3.05, 3.63) is 35.0 Å². The zero-order valence-corrected chi connectivity index (χ0v) is 17.9. The fraction of sp³-hybridized carbons (Fsp3) is 0.429. The number of amides is 3. The van der Waals surface area contributed by atoms with Crippen LogP contribution in [0.1, 0.15) is 48.9 Å². The Hall–Kier alpha value is -3.07. The number of carbonyl (C=O) groups excluding carboxylic acids is 2. The van der Waals surface area contributed by atoms with Crippen molar-refractivity contribution < 1.29 is 9.59 Å². The van der Waals surface area contributed by atoms with Gasteiger partial charge < -0.3 is 26.6 Å². The second-order valence-corrected chi connectivity index (χ2v) is 8.30. The van der Waals surface area contributed by atoms with Gasteiger partial charge in [0, 0.05) is 31.0 Å². The van der Waals surface area contributed by atoms with Crippen LogP contribution in [-0.4, -0.2) is 45.9 Å². The normalized spacial score (nSPS) is 16.4. The number of urea groups is 1. The molecule has 0 spiro atoms. The molecule has 0 atom stereocenters. The molecule has 0 radical (unpaired) electrons. The Morgan fingerprint density at radius 3 is 2.58 bits per heavy atom. The standard InChI is InChI=1S/C21H26ClN7O2/c22-16-8-7-14(11-17(16)27-21(31)29-9-3-4-10-29)26-20-24-12-15(18(23)30)19(28-20)25-13-5-1-2-6-13/h7-8,11-13H,1-6,9-10H2,(H2,23,30)(H,27,31)(H2,24,25,26,28). The second kappa shape index (κ2) is 9.38. The molecule has 1 aliphatic heterocycles. The smallest absolute Gasteiger partial charge is 0.321 e. The number of halogens is 1. The van der Waals surface area contributed by atoms with Crippen molar-refractivity contribution >= 4 is 46.7 Å². The number of nitrogens with two attached hydrogens (primary N) is 1. The number of nitrogens with zero attached hydrogens (tertiary/aromatic N) is 3. The molecule has 4 rings (SSSR count). The van der Waals surface area contributed by atoms with Crippen molar-refractivity contribution in [2.45, 2.75) is 44.6 Å². The van der Waals surface area contributed by atoms with Crippen molar-refractivity contribution in [3.63, 3.8) is 0 Å². The van der Waals surface area contributed by atoms with E-state index in [1.54, 1.807) is 23.1 Å². The van der Waals surface area contributed by atoms with Gasteiger partial charge in [0.25, 0.3) is 5.91 Å². The molecule has 2 aliphatic rings. The van der Waals surface area contributed by atoms with E-state index in [1.807, 2.05) is 0 Å².